The molecule has 1 amide bonds. The van der Waals surface area contributed by atoms with Crippen molar-refractivity contribution in [2.45, 2.75) is 24.8 Å². The lowest BCUT2D eigenvalue weighted by atomic mass is 9.75. The number of hydrogen-bond donors (Lipinski definition) is 0. The Morgan fingerprint density at radius 1 is 1.35 bits per heavy atom. The first kappa shape index (κ1) is 15.5. The highest BCUT2D eigenvalue weighted by Crippen LogP contribution is 2.36. The summed E-state index contributed by atoms with van der Waals surface area (Å²) >= 11 is 11.7. The van der Waals surface area contributed by atoms with Gasteiger partial charge in [-0.2, -0.15) is 0 Å². The molecule has 1 heterocycles. The van der Waals surface area contributed by atoms with Crippen LogP contribution in [0.3, 0.4) is 0 Å². The van der Waals surface area contributed by atoms with Crippen LogP contribution < -0.4 is 0 Å². The van der Waals surface area contributed by atoms with E-state index in [1.165, 1.54) is 12.6 Å². The average Bonchev–Trinajstić information content (AvgIpc) is 2.35. The zero-order chi connectivity index (χ0) is 14.9. The van der Waals surface area contributed by atoms with E-state index < -0.39 is 0 Å². The van der Waals surface area contributed by atoms with Crippen LogP contribution in [0.1, 0.15) is 29.6 Å². The molecule has 0 bridgehead atoms. The third-order valence-corrected chi connectivity index (χ3v) is 4.84. The van der Waals surface area contributed by atoms with E-state index in [0.717, 1.165) is 12.8 Å². The van der Waals surface area contributed by atoms with Crippen molar-refractivity contribution in [3.8, 4) is 0 Å². The zero-order valence-corrected chi connectivity index (χ0v) is 13.5. The Hall–Kier alpha value is -0.840. The van der Waals surface area contributed by atoms with E-state index in [2.05, 4.69) is 24.0 Å². The van der Waals surface area contributed by atoms with Crippen molar-refractivity contribution in [3.63, 3.8) is 0 Å². The van der Waals surface area contributed by atoms with Gasteiger partial charge in [-0.05, 0) is 39.4 Å². The lowest BCUT2D eigenvalue weighted by molar-refractivity contribution is 0.0252. The molecule has 110 valence electrons. The second-order valence-electron chi connectivity index (χ2n) is 5.63. The van der Waals surface area contributed by atoms with Gasteiger partial charge in [0, 0.05) is 25.3 Å². The largest absolute Gasteiger partial charge is 0.340 e. The minimum absolute atomic E-state index is 0.0795. The fourth-order valence-corrected chi connectivity index (χ4v) is 2.87. The normalized spacial score (nSPS) is 16.9. The van der Waals surface area contributed by atoms with Gasteiger partial charge in [0.15, 0.2) is 0 Å². The summed E-state index contributed by atoms with van der Waals surface area (Å²) in [6.07, 6.45) is 4.93. The Labute approximate surface area is 129 Å². The Morgan fingerprint density at radius 3 is 2.45 bits per heavy atom. The van der Waals surface area contributed by atoms with E-state index in [1.54, 1.807) is 11.0 Å². The Morgan fingerprint density at radius 2 is 2.00 bits per heavy atom. The highest BCUT2D eigenvalue weighted by molar-refractivity contribution is 6.41. The fourth-order valence-electron chi connectivity index (χ4n) is 2.60. The standard InChI is InChI=1S/C14H19Cl2N3O/c1-18(2)14(5-4-6-14)9-19(3)13(20)10-7-11(15)12(16)17-8-10/h7-8H,4-6,9H2,1-3H3. The third kappa shape index (κ3) is 2.92. The highest BCUT2D eigenvalue weighted by Gasteiger charge is 2.40. The molecule has 2 rings (SSSR count). The summed E-state index contributed by atoms with van der Waals surface area (Å²) in [4.78, 5) is 20.3. The summed E-state index contributed by atoms with van der Waals surface area (Å²) in [5.41, 5.74) is 0.573. The number of carbonyl (C=O) groups excluding carboxylic acids is 1. The predicted molar refractivity (Wildman–Crippen MR) is 81.5 cm³/mol. The maximum atomic E-state index is 12.4. The minimum Gasteiger partial charge on any atom is -0.340 e. The van der Waals surface area contributed by atoms with Crippen LogP contribution in [0.4, 0.5) is 0 Å². The summed E-state index contributed by atoms with van der Waals surface area (Å²) in [7, 11) is 5.95. The summed E-state index contributed by atoms with van der Waals surface area (Å²) < 4.78 is 0. The zero-order valence-electron chi connectivity index (χ0n) is 12.0. The second kappa shape index (κ2) is 5.88. The van der Waals surface area contributed by atoms with Gasteiger partial charge in [-0.25, -0.2) is 4.98 Å². The first-order chi connectivity index (χ1) is 9.35. The van der Waals surface area contributed by atoms with E-state index in [-0.39, 0.29) is 16.6 Å². The molecule has 1 aliphatic rings. The van der Waals surface area contributed by atoms with Crippen LogP contribution in [-0.4, -0.2) is 53.9 Å². The number of nitrogens with zero attached hydrogens (tertiary/aromatic N) is 3. The van der Waals surface area contributed by atoms with Crippen LogP contribution in [0.2, 0.25) is 10.2 Å². The molecular formula is C14H19Cl2N3O. The molecule has 0 radical (unpaired) electrons. The average molecular weight is 316 g/mol. The molecule has 1 aromatic rings. The topological polar surface area (TPSA) is 36.4 Å². The van der Waals surface area contributed by atoms with Crippen molar-refractivity contribution < 1.29 is 4.79 Å². The van der Waals surface area contributed by atoms with Gasteiger partial charge in [-0.1, -0.05) is 23.2 Å². The number of rotatable bonds is 4. The van der Waals surface area contributed by atoms with Gasteiger partial charge < -0.3 is 9.80 Å². The fraction of sp³-hybridized carbons (Fsp3) is 0.571. The van der Waals surface area contributed by atoms with Gasteiger partial charge in [0.2, 0.25) is 0 Å². The summed E-state index contributed by atoms with van der Waals surface area (Å²) in [6, 6.07) is 1.57. The van der Waals surface area contributed by atoms with Gasteiger partial charge in [0.25, 0.3) is 5.91 Å². The molecule has 1 saturated carbocycles. The van der Waals surface area contributed by atoms with Crippen molar-refractivity contribution in [2.24, 2.45) is 0 Å². The molecule has 1 aromatic heterocycles. The Bertz CT molecular complexity index is 515. The molecule has 0 N–H and O–H groups in total. The van der Waals surface area contributed by atoms with Gasteiger partial charge >= 0.3 is 0 Å². The molecule has 0 aliphatic heterocycles. The molecule has 0 aromatic carbocycles. The van der Waals surface area contributed by atoms with Crippen LogP contribution in [0.15, 0.2) is 12.3 Å². The number of pyridine rings is 1. The molecule has 0 spiro atoms. The van der Waals surface area contributed by atoms with Gasteiger partial charge in [0.05, 0.1) is 10.6 Å². The van der Waals surface area contributed by atoms with Gasteiger partial charge in [-0.15, -0.1) is 0 Å². The van der Waals surface area contributed by atoms with Gasteiger partial charge in [-0.3, -0.25) is 4.79 Å². The number of halogens is 2. The molecular weight excluding hydrogens is 297 g/mol. The van der Waals surface area contributed by atoms with Crippen LogP contribution in [0, 0.1) is 0 Å². The van der Waals surface area contributed by atoms with Crippen LogP contribution >= 0.6 is 23.2 Å². The van der Waals surface area contributed by atoms with E-state index in [0.29, 0.717) is 17.1 Å². The highest BCUT2D eigenvalue weighted by atomic mass is 35.5. The number of likely N-dealkylation sites (N-methyl/N-ethyl adjacent to an activating group) is 2. The van der Waals surface area contributed by atoms with Crippen LogP contribution in [0.25, 0.3) is 0 Å². The monoisotopic (exact) mass is 315 g/mol. The lowest BCUT2D eigenvalue weighted by Crippen LogP contribution is -2.57. The molecule has 4 nitrogen and oxygen atoms in total. The maximum Gasteiger partial charge on any atom is 0.255 e. The minimum atomic E-state index is -0.0795. The van der Waals surface area contributed by atoms with E-state index in [1.807, 2.05) is 7.05 Å². The first-order valence-electron chi connectivity index (χ1n) is 6.60. The molecule has 1 fully saturated rings. The summed E-state index contributed by atoms with van der Waals surface area (Å²) in [6.45, 7) is 0.707. The first-order valence-corrected chi connectivity index (χ1v) is 7.35. The molecule has 20 heavy (non-hydrogen) atoms. The second-order valence-corrected chi connectivity index (χ2v) is 6.40. The van der Waals surface area contributed by atoms with Crippen molar-refractivity contribution in [2.75, 3.05) is 27.7 Å². The number of amides is 1. The quantitative estimate of drug-likeness (QED) is 0.801. The Balaban J connectivity index is 2.10. The van der Waals surface area contributed by atoms with Crippen molar-refractivity contribution in [1.82, 2.24) is 14.8 Å². The van der Waals surface area contributed by atoms with Crippen LogP contribution in [-0.2, 0) is 0 Å². The summed E-state index contributed by atoms with van der Waals surface area (Å²) in [5, 5.41) is 0.520. The van der Waals surface area contributed by atoms with E-state index in [9.17, 15) is 4.79 Å². The molecule has 6 heteroatoms. The van der Waals surface area contributed by atoms with E-state index in [4.69, 9.17) is 23.2 Å². The van der Waals surface area contributed by atoms with Crippen molar-refractivity contribution in [3.05, 3.63) is 28.0 Å². The number of aromatic nitrogens is 1. The number of hydrogen-bond acceptors (Lipinski definition) is 3. The lowest BCUT2D eigenvalue weighted by Gasteiger charge is -2.49. The van der Waals surface area contributed by atoms with Crippen molar-refractivity contribution in [1.29, 1.82) is 0 Å². The molecule has 0 unspecified atom stereocenters. The van der Waals surface area contributed by atoms with Crippen molar-refractivity contribution >= 4 is 29.1 Å². The molecule has 1 aliphatic carbocycles. The Kier molecular flexibility index (Phi) is 4.57. The van der Waals surface area contributed by atoms with E-state index >= 15 is 0 Å². The van der Waals surface area contributed by atoms with Gasteiger partial charge in [0.1, 0.15) is 5.15 Å². The summed E-state index contributed by atoms with van der Waals surface area (Å²) in [5.74, 6) is -0.0795. The van der Waals surface area contributed by atoms with Crippen LogP contribution in [0.5, 0.6) is 0 Å². The number of carbonyl (C=O) groups is 1. The molecule has 0 atom stereocenters. The smallest absolute Gasteiger partial charge is 0.255 e. The SMILES string of the molecule is CN(CC1(N(C)C)CCC1)C(=O)c1cnc(Cl)c(Cl)c1. The maximum absolute atomic E-state index is 12.4. The molecule has 0 saturated heterocycles. The predicted octanol–water partition coefficient (Wildman–Crippen LogP) is 2.94. The third-order valence-electron chi connectivity index (χ3n) is 4.15.